The molecule has 6 heteroatoms. The third-order valence-electron chi connectivity index (χ3n) is 24.1. The van der Waals surface area contributed by atoms with Crippen LogP contribution in [0.2, 0.25) is 0 Å². The fraction of sp³-hybridized carbons (Fsp3) is 0.151. The average molecular weight is 1450 g/mol. The monoisotopic (exact) mass is 1450 g/mol. The predicted molar refractivity (Wildman–Crippen MR) is 477 cm³/mol. The van der Waals surface area contributed by atoms with Gasteiger partial charge in [0.05, 0.1) is 28.1 Å². The van der Waals surface area contributed by atoms with E-state index in [9.17, 15) is 0 Å². The highest BCUT2D eigenvalue weighted by molar-refractivity contribution is 7.00. The summed E-state index contributed by atoms with van der Waals surface area (Å²) in [5, 5.41) is 6.76. The lowest BCUT2D eigenvalue weighted by molar-refractivity contribution is 0.590. The lowest BCUT2D eigenvalue weighted by Gasteiger charge is -2.46. The molecule has 5 nitrogen and oxygen atoms in total. The molecule has 2 aliphatic rings. The van der Waals surface area contributed by atoms with Gasteiger partial charge in [0, 0.05) is 77.3 Å². The number of nitrogens with zero attached hydrogens (tertiary/aromatic N) is 3. The summed E-state index contributed by atoms with van der Waals surface area (Å²) in [7, 11) is 0. The van der Waals surface area contributed by atoms with E-state index in [1.807, 2.05) is 0 Å². The van der Waals surface area contributed by atoms with Crippen LogP contribution in [0, 0.1) is 0 Å². The molecule has 0 radical (unpaired) electrons. The van der Waals surface area contributed by atoms with Gasteiger partial charge in [-0.05, 0) is 178 Å². The SMILES string of the molecule is CC(C)(C)c1ccc(-c2cccc(-c3ccc(C(C)(C)C)cc3)c2N2c3cc(-c4ccc5oc6ccccc6c5c4)ccc3B3c4ccc(-c5ccc6oc7ccccc7c6c5)cc4N(c4c(-c5ccc(C(C)(C)C)cc5)cccc4-c4ccc(C(C)(C)C)cc4)c4cc(-n5c6ccccc6c6ccccc65)cc2c43)cc1. The first kappa shape index (κ1) is 68.6. The second-order valence-electron chi connectivity index (χ2n) is 35.2. The Morgan fingerprint density at radius 3 is 0.884 bits per heavy atom. The summed E-state index contributed by atoms with van der Waals surface area (Å²) in [6, 6.07) is 120. The van der Waals surface area contributed by atoms with Crippen molar-refractivity contribution < 1.29 is 8.83 Å². The predicted octanol–water partition coefficient (Wildman–Crippen LogP) is 27.9. The number of benzene rings is 15. The Balaban J connectivity index is 0.961. The fourth-order valence-electron chi connectivity index (χ4n) is 18.1. The number of aromatic nitrogens is 1. The van der Waals surface area contributed by atoms with E-state index in [0.29, 0.717) is 0 Å². The molecule has 18 aromatic rings. The molecule has 0 saturated carbocycles. The molecule has 5 heterocycles. The van der Waals surface area contributed by atoms with Crippen molar-refractivity contribution in [1.29, 1.82) is 0 Å². The Kier molecular flexibility index (Phi) is 15.6. The topological polar surface area (TPSA) is 37.7 Å². The van der Waals surface area contributed by atoms with Crippen molar-refractivity contribution in [2.75, 3.05) is 9.80 Å². The Hall–Kier alpha value is -12.6. The van der Waals surface area contributed by atoms with Crippen molar-refractivity contribution in [3.05, 3.63) is 338 Å². The maximum Gasteiger partial charge on any atom is 0.252 e. The molecule has 0 aliphatic carbocycles. The van der Waals surface area contributed by atoms with Crippen molar-refractivity contribution in [2.45, 2.75) is 105 Å². The summed E-state index contributed by atoms with van der Waals surface area (Å²) in [6.07, 6.45) is 0. The standard InChI is InChI=1S/C106H88BN3O2/c1-103(2,3)73-47-35-65(36-48-73)78-27-21-28-79(66-37-49-74(50-38-66)104(4,5)6)101(78)109-92-61-71(69-45-57-98-86(59-69)84-25-15-19-33-96(84)111-98)43-55-88(92)107-89-56-44-72(70-46-58-99-87(60-70)85-26-16-20-34-97(85)112-99)62-93(89)110(95-64-77(63-94(109)100(95)107)108-90-31-17-13-23-82(90)83-24-14-18-32-91(83)108)102-80(67-39-51-75(52-40-67)105(7,8)9)29-22-30-81(102)68-41-53-76(54-42-68)106(10,11)12/h13-64H,1-12H3. The summed E-state index contributed by atoms with van der Waals surface area (Å²) in [5.41, 5.74) is 35.3. The lowest BCUT2D eigenvalue weighted by Crippen LogP contribution is -2.61. The molecule has 112 heavy (non-hydrogen) atoms. The van der Waals surface area contributed by atoms with Crippen LogP contribution in [0.25, 0.3) is 138 Å². The second-order valence-corrected chi connectivity index (χ2v) is 35.2. The molecular weight excluding hydrogens is 1360 g/mol. The van der Waals surface area contributed by atoms with Gasteiger partial charge in [0.2, 0.25) is 0 Å². The molecule has 0 unspecified atom stereocenters. The van der Waals surface area contributed by atoms with Crippen LogP contribution in [0.15, 0.2) is 324 Å². The zero-order valence-corrected chi connectivity index (χ0v) is 65.8. The van der Waals surface area contributed by atoms with E-state index >= 15 is 0 Å². The number of anilines is 6. The summed E-state index contributed by atoms with van der Waals surface area (Å²) >= 11 is 0. The zero-order chi connectivity index (χ0) is 76.4. The molecule has 15 aromatic carbocycles. The van der Waals surface area contributed by atoms with Gasteiger partial charge in [0.25, 0.3) is 6.71 Å². The Morgan fingerprint density at radius 2 is 0.536 bits per heavy atom. The minimum absolute atomic E-state index is 0.0667. The number of furan rings is 2. The van der Waals surface area contributed by atoms with Crippen LogP contribution in [0.5, 0.6) is 0 Å². The van der Waals surface area contributed by atoms with Gasteiger partial charge in [-0.15, -0.1) is 0 Å². The lowest BCUT2D eigenvalue weighted by atomic mass is 9.33. The van der Waals surface area contributed by atoms with Crippen LogP contribution in [-0.4, -0.2) is 11.3 Å². The molecule has 3 aromatic heterocycles. The van der Waals surface area contributed by atoms with Crippen LogP contribution < -0.4 is 26.2 Å². The van der Waals surface area contributed by atoms with E-state index in [2.05, 4.69) is 413 Å². The number of hydrogen-bond acceptors (Lipinski definition) is 4. The molecule has 542 valence electrons. The minimum Gasteiger partial charge on any atom is -0.456 e. The fourth-order valence-corrected chi connectivity index (χ4v) is 18.1. The van der Waals surface area contributed by atoms with E-state index in [1.165, 1.54) is 49.4 Å². The van der Waals surface area contributed by atoms with Crippen molar-refractivity contribution in [3.8, 4) is 72.4 Å². The average Bonchev–Trinajstić information content (AvgIpc) is 0.772. The summed E-state index contributed by atoms with van der Waals surface area (Å²) in [4.78, 5) is 5.42. The highest BCUT2D eigenvalue weighted by Crippen LogP contribution is 2.55. The van der Waals surface area contributed by atoms with E-state index < -0.39 is 0 Å². The Bertz CT molecular complexity index is 6280. The zero-order valence-electron chi connectivity index (χ0n) is 65.8. The summed E-state index contributed by atoms with van der Waals surface area (Å²) < 4.78 is 15.7. The van der Waals surface area contributed by atoms with Crippen LogP contribution in [0.4, 0.5) is 34.1 Å². The van der Waals surface area contributed by atoms with Gasteiger partial charge < -0.3 is 23.2 Å². The highest BCUT2D eigenvalue weighted by atomic mass is 16.3. The van der Waals surface area contributed by atoms with Crippen molar-refractivity contribution in [2.24, 2.45) is 0 Å². The quantitative estimate of drug-likeness (QED) is 0.135. The van der Waals surface area contributed by atoms with Gasteiger partial charge >= 0.3 is 0 Å². The largest absolute Gasteiger partial charge is 0.456 e. The van der Waals surface area contributed by atoms with E-state index in [0.717, 1.165) is 161 Å². The number of para-hydroxylation sites is 6. The molecular formula is C106H88BN3O2. The molecule has 0 bridgehead atoms. The van der Waals surface area contributed by atoms with Gasteiger partial charge in [-0.1, -0.05) is 326 Å². The number of rotatable bonds is 9. The molecule has 0 atom stereocenters. The van der Waals surface area contributed by atoms with Crippen LogP contribution >= 0.6 is 0 Å². The van der Waals surface area contributed by atoms with Gasteiger partial charge in [-0.2, -0.15) is 0 Å². The normalized spacial score (nSPS) is 13.1. The van der Waals surface area contributed by atoms with Crippen molar-refractivity contribution >= 4 is 123 Å². The summed E-state index contributed by atoms with van der Waals surface area (Å²) in [6.45, 7) is 27.4. The first-order valence-corrected chi connectivity index (χ1v) is 39.6. The van der Waals surface area contributed by atoms with E-state index in [4.69, 9.17) is 8.83 Å². The molecule has 2 aliphatic heterocycles. The molecule has 0 spiro atoms. The van der Waals surface area contributed by atoms with E-state index in [1.54, 1.807) is 0 Å². The second kappa shape index (κ2) is 25.5. The number of fused-ring (bicyclic) bond motifs is 13. The number of hydrogen-bond donors (Lipinski definition) is 0. The van der Waals surface area contributed by atoms with E-state index in [-0.39, 0.29) is 28.4 Å². The maximum absolute atomic E-state index is 6.57. The maximum atomic E-state index is 6.57. The van der Waals surface area contributed by atoms with Gasteiger partial charge in [-0.3, -0.25) is 0 Å². The van der Waals surface area contributed by atoms with Crippen molar-refractivity contribution in [3.63, 3.8) is 0 Å². The first-order chi connectivity index (χ1) is 54.1. The molecule has 20 rings (SSSR count). The third kappa shape index (κ3) is 11.3. The highest BCUT2D eigenvalue weighted by Gasteiger charge is 2.46. The molecule has 0 amide bonds. The first-order valence-electron chi connectivity index (χ1n) is 39.6. The van der Waals surface area contributed by atoms with Gasteiger partial charge in [-0.25, -0.2) is 0 Å². The smallest absolute Gasteiger partial charge is 0.252 e. The Labute approximate surface area is 656 Å². The third-order valence-corrected chi connectivity index (χ3v) is 24.1. The summed E-state index contributed by atoms with van der Waals surface area (Å²) in [5.74, 6) is 0. The minimum atomic E-state index is -0.293. The van der Waals surface area contributed by atoms with Crippen LogP contribution in [-0.2, 0) is 21.7 Å². The molecule has 0 N–H and O–H groups in total. The van der Waals surface area contributed by atoms with Crippen LogP contribution in [0.3, 0.4) is 0 Å². The Morgan fingerprint density at radius 1 is 0.241 bits per heavy atom. The van der Waals surface area contributed by atoms with Gasteiger partial charge in [0.15, 0.2) is 0 Å². The van der Waals surface area contributed by atoms with Crippen molar-refractivity contribution in [1.82, 2.24) is 4.57 Å². The molecule has 0 fully saturated rings. The van der Waals surface area contributed by atoms with Gasteiger partial charge in [0.1, 0.15) is 22.3 Å². The van der Waals surface area contributed by atoms with Crippen LogP contribution in [0.1, 0.15) is 105 Å². The molecule has 0 saturated heterocycles.